The van der Waals surface area contributed by atoms with Crippen molar-refractivity contribution >= 4 is 28.9 Å². The van der Waals surface area contributed by atoms with Crippen LogP contribution in [0.1, 0.15) is 19.3 Å². The fourth-order valence-corrected chi connectivity index (χ4v) is 2.62. The van der Waals surface area contributed by atoms with Crippen molar-refractivity contribution in [3.63, 3.8) is 0 Å². The van der Waals surface area contributed by atoms with Crippen molar-refractivity contribution in [3.05, 3.63) is 21.9 Å². The maximum Gasteiger partial charge on any atom is 0.455 e. The zero-order valence-electron chi connectivity index (χ0n) is 9.99. The van der Waals surface area contributed by atoms with E-state index >= 15 is 0 Å². The first-order chi connectivity index (χ1) is 9.29. The summed E-state index contributed by atoms with van der Waals surface area (Å²) in [5, 5.41) is 2.53. The molecular formula is C11H9F3N2O3S. The molecule has 2 amide bonds. The number of amides is 2. The highest BCUT2D eigenvalue weighted by atomic mass is 32.1. The molecule has 0 saturated carbocycles. The number of carbonyl (C=O) groups is 3. The first-order valence-electron chi connectivity index (χ1n) is 5.56. The molecule has 1 aliphatic rings. The van der Waals surface area contributed by atoms with Crippen LogP contribution >= 0.6 is 11.3 Å². The number of nitrogens with one attached hydrogen (secondary N) is 1. The summed E-state index contributed by atoms with van der Waals surface area (Å²) in [6, 6.07) is 2.14. The van der Waals surface area contributed by atoms with E-state index in [0.29, 0.717) is 17.9 Å². The molecule has 0 spiro atoms. The van der Waals surface area contributed by atoms with Gasteiger partial charge >= 0.3 is 6.18 Å². The first-order valence-corrected chi connectivity index (χ1v) is 6.38. The number of Topliss-reactive ketones (excluding diaryl/α,β-unsaturated/α-hetero) is 1. The molecule has 5 nitrogen and oxygen atoms in total. The number of rotatable bonds is 2. The second kappa shape index (κ2) is 5.23. The number of thiophene rings is 1. The fourth-order valence-electron chi connectivity index (χ4n) is 1.68. The van der Waals surface area contributed by atoms with Gasteiger partial charge in [-0.05, 0) is 12.1 Å². The SMILES string of the molecule is O=C1CN(C(=O)c2ccc(C(=O)C(F)(F)F)s2)CCN1. The Bertz CT molecular complexity index is 568. The lowest BCUT2D eigenvalue weighted by Crippen LogP contribution is -2.49. The van der Waals surface area contributed by atoms with E-state index in [2.05, 4.69) is 5.32 Å². The van der Waals surface area contributed by atoms with Gasteiger partial charge in [0.1, 0.15) is 0 Å². The van der Waals surface area contributed by atoms with E-state index in [1.54, 1.807) is 0 Å². The van der Waals surface area contributed by atoms with Crippen molar-refractivity contribution in [1.82, 2.24) is 10.2 Å². The second-order valence-corrected chi connectivity index (χ2v) is 5.15. The molecule has 0 unspecified atom stereocenters. The van der Waals surface area contributed by atoms with E-state index in [-0.39, 0.29) is 23.9 Å². The van der Waals surface area contributed by atoms with Crippen molar-refractivity contribution in [2.24, 2.45) is 0 Å². The highest BCUT2D eigenvalue weighted by Gasteiger charge is 2.40. The van der Waals surface area contributed by atoms with Crippen molar-refractivity contribution < 1.29 is 27.6 Å². The molecule has 1 aliphatic heterocycles. The third-order valence-corrected chi connectivity index (χ3v) is 3.70. The Balaban J connectivity index is 2.14. The lowest BCUT2D eigenvalue weighted by Gasteiger charge is -2.26. The number of piperazine rings is 1. The first kappa shape index (κ1) is 14.5. The van der Waals surface area contributed by atoms with Gasteiger partial charge in [-0.15, -0.1) is 11.3 Å². The Labute approximate surface area is 115 Å². The van der Waals surface area contributed by atoms with Crippen LogP contribution in [-0.4, -0.2) is 48.3 Å². The molecule has 2 rings (SSSR count). The van der Waals surface area contributed by atoms with E-state index in [1.807, 2.05) is 0 Å². The highest BCUT2D eigenvalue weighted by molar-refractivity contribution is 7.16. The number of nitrogens with zero attached hydrogens (tertiary/aromatic N) is 1. The number of alkyl halides is 3. The molecule has 1 saturated heterocycles. The average molecular weight is 306 g/mol. The molecule has 0 atom stereocenters. The van der Waals surface area contributed by atoms with E-state index in [9.17, 15) is 27.6 Å². The maximum absolute atomic E-state index is 12.3. The second-order valence-electron chi connectivity index (χ2n) is 4.07. The Morgan fingerprint density at radius 3 is 2.50 bits per heavy atom. The summed E-state index contributed by atoms with van der Waals surface area (Å²) in [6.45, 7) is 0.439. The van der Waals surface area contributed by atoms with E-state index < -0.39 is 22.7 Å². The summed E-state index contributed by atoms with van der Waals surface area (Å²) in [7, 11) is 0. The quantitative estimate of drug-likeness (QED) is 0.831. The van der Waals surface area contributed by atoms with Crippen LogP contribution in [0.2, 0.25) is 0 Å². The molecule has 20 heavy (non-hydrogen) atoms. The summed E-state index contributed by atoms with van der Waals surface area (Å²) in [6.07, 6.45) is -4.96. The summed E-state index contributed by atoms with van der Waals surface area (Å²) in [4.78, 5) is 34.9. The van der Waals surface area contributed by atoms with Gasteiger partial charge in [-0.2, -0.15) is 13.2 Å². The molecule has 108 valence electrons. The molecule has 0 aromatic carbocycles. The minimum absolute atomic E-state index is 0.00676. The smallest absolute Gasteiger partial charge is 0.353 e. The van der Waals surface area contributed by atoms with Crippen LogP contribution in [0.15, 0.2) is 12.1 Å². The molecule has 0 aliphatic carbocycles. The van der Waals surface area contributed by atoms with Gasteiger partial charge in [0.15, 0.2) is 0 Å². The molecular weight excluding hydrogens is 297 g/mol. The number of hydrogen-bond donors (Lipinski definition) is 1. The third-order valence-electron chi connectivity index (χ3n) is 2.62. The standard InChI is InChI=1S/C11H9F3N2O3S/c12-11(13,14)9(18)6-1-2-7(20-6)10(19)16-4-3-15-8(17)5-16/h1-2H,3-5H2,(H,15,17). The Hall–Kier alpha value is -1.90. The van der Waals surface area contributed by atoms with E-state index in [1.165, 1.54) is 11.0 Å². The number of ketones is 1. The maximum atomic E-state index is 12.3. The van der Waals surface area contributed by atoms with Crippen LogP contribution < -0.4 is 5.32 Å². The van der Waals surface area contributed by atoms with Crippen LogP contribution in [0, 0.1) is 0 Å². The molecule has 1 fully saturated rings. The molecule has 1 N–H and O–H groups in total. The molecule has 1 aromatic rings. The average Bonchev–Trinajstić information content (AvgIpc) is 2.85. The molecule has 2 heterocycles. The monoisotopic (exact) mass is 306 g/mol. The summed E-state index contributed by atoms with van der Waals surface area (Å²) < 4.78 is 36.8. The molecule has 0 bridgehead atoms. The van der Waals surface area contributed by atoms with Gasteiger partial charge in [0, 0.05) is 13.1 Å². The van der Waals surface area contributed by atoms with Crippen LogP contribution in [-0.2, 0) is 4.79 Å². The van der Waals surface area contributed by atoms with E-state index in [4.69, 9.17) is 0 Å². The van der Waals surface area contributed by atoms with Gasteiger partial charge in [-0.25, -0.2) is 0 Å². The fraction of sp³-hybridized carbons (Fsp3) is 0.364. The summed E-state index contributed by atoms with van der Waals surface area (Å²) in [5.74, 6) is -2.85. The third kappa shape index (κ3) is 2.98. The largest absolute Gasteiger partial charge is 0.455 e. The zero-order valence-corrected chi connectivity index (χ0v) is 10.8. The Morgan fingerprint density at radius 2 is 1.90 bits per heavy atom. The predicted octanol–water partition coefficient (Wildman–Crippen LogP) is 1.07. The molecule has 0 radical (unpaired) electrons. The topological polar surface area (TPSA) is 66.5 Å². The van der Waals surface area contributed by atoms with Crippen molar-refractivity contribution in [1.29, 1.82) is 0 Å². The zero-order chi connectivity index (χ0) is 14.9. The van der Waals surface area contributed by atoms with Crippen LogP contribution in [0.25, 0.3) is 0 Å². The molecule has 1 aromatic heterocycles. The highest BCUT2D eigenvalue weighted by Crippen LogP contribution is 2.27. The van der Waals surface area contributed by atoms with Gasteiger partial charge < -0.3 is 10.2 Å². The van der Waals surface area contributed by atoms with Gasteiger partial charge in [0.05, 0.1) is 16.3 Å². The summed E-state index contributed by atoms with van der Waals surface area (Å²) >= 11 is 0.478. The normalized spacial score (nSPS) is 15.9. The number of carbonyl (C=O) groups excluding carboxylic acids is 3. The minimum atomic E-state index is -4.96. The van der Waals surface area contributed by atoms with Crippen molar-refractivity contribution in [2.45, 2.75) is 6.18 Å². The van der Waals surface area contributed by atoms with Gasteiger partial charge in [-0.1, -0.05) is 0 Å². The number of halogens is 3. The van der Waals surface area contributed by atoms with Gasteiger partial charge in [-0.3, -0.25) is 14.4 Å². The lowest BCUT2D eigenvalue weighted by atomic mass is 10.3. The van der Waals surface area contributed by atoms with E-state index in [0.717, 1.165) is 6.07 Å². The van der Waals surface area contributed by atoms with Gasteiger partial charge in [0.25, 0.3) is 11.7 Å². The number of hydrogen-bond acceptors (Lipinski definition) is 4. The summed E-state index contributed by atoms with van der Waals surface area (Å²) in [5.41, 5.74) is 0. The van der Waals surface area contributed by atoms with Gasteiger partial charge in [0.2, 0.25) is 5.91 Å². The van der Waals surface area contributed by atoms with Crippen LogP contribution in [0.3, 0.4) is 0 Å². The predicted molar refractivity (Wildman–Crippen MR) is 63.6 cm³/mol. The van der Waals surface area contributed by atoms with Crippen molar-refractivity contribution in [3.8, 4) is 0 Å². The Kier molecular flexibility index (Phi) is 3.80. The lowest BCUT2D eigenvalue weighted by molar-refractivity contribution is -0.123. The minimum Gasteiger partial charge on any atom is -0.353 e. The van der Waals surface area contributed by atoms with Crippen molar-refractivity contribution in [2.75, 3.05) is 19.6 Å². The van der Waals surface area contributed by atoms with Crippen LogP contribution in [0.4, 0.5) is 13.2 Å². The Morgan fingerprint density at radius 1 is 1.25 bits per heavy atom. The van der Waals surface area contributed by atoms with Crippen LogP contribution in [0.5, 0.6) is 0 Å². The molecule has 9 heteroatoms.